The Kier molecular flexibility index (Phi) is 6.15. The first-order chi connectivity index (χ1) is 11.1. The van der Waals surface area contributed by atoms with Crippen molar-refractivity contribution >= 4 is 13.3 Å². The number of alkyl halides is 3. The molecule has 1 aliphatic rings. The van der Waals surface area contributed by atoms with E-state index < -0.39 is 19.8 Å². The highest BCUT2D eigenvalue weighted by molar-refractivity contribution is 6.89. The van der Waals surface area contributed by atoms with Gasteiger partial charge in [-0.25, -0.2) is 0 Å². The van der Waals surface area contributed by atoms with E-state index in [2.05, 4.69) is 31.8 Å². The lowest BCUT2D eigenvalue weighted by atomic mass is 10.2. The predicted octanol–water partition coefficient (Wildman–Crippen LogP) is 4.12. The largest absolute Gasteiger partial charge is 0.416 e. The van der Waals surface area contributed by atoms with Gasteiger partial charge in [0.2, 0.25) is 0 Å². The van der Waals surface area contributed by atoms with Gasteiger partial charge in [-0.1, -0.05) is 48.6 Å². The van der Waals surface area contributed by atoms with Crippen molar-refractivity contribution in [3.05, 3.63) is 29.8 Å². The Hall–Kier alpha value is -0.853. The summed E-state index contributed by atoms with van der Waals surface area (Å²) in [5.74, 6) is 0. The number of morpholine rings is 1. The summed E-state index contributed by atoms with van der Waals surface area (Å²) in [6, 6.07) is 6.91. The molecule has 0 aliphatic carbocycles. The number of hydrogen-bond donors (Lipinski definition) is 0. The van der Waals surface area contributed by atoms with Gasteiger partial charge in [0.15, 0.2) is 0 Å². The van der Waals surface area contributed by atoms with E-state index in [0.717, 1.165) is 43.4 Å². The molecule has 1 saturated heterocycles. The molecule has 136 valence electrons. The molecule has 1 fully saturated rings. The summed E-state index contributed by atoms with van der Waals surface area (Å²) >= 11 is 0. The molecule has 2 nitrogen and oxygen atoms in total. The molecule has 1 aliphatic heterocycles. The number of rotatable bonds is 5. The molecular formula is C18H28F3NOSi. The van der Waals surface area contributed by atoms with Crippen LogP contribution in [-0.4, -0.2) is 44.8 Å². The second-order valence-corrected chi connectivity index (χ2v) is 12.4. The van der Waals surface area contributed by atoms with Gasteiger partial charge in [0.25, 0.3) is 0 Å². The van der Waals surface area contributed by atoms with Crippen molar-refractivity contribution in [1.29, 1.82) is 0 Å². The molecule has 0 radical (unpaired) electrons. The fourth-order valence-corrected chi connectivity index (χ4v) is 5.90. The lowest BCUT2D eigenvalue weighted by Crippen LogP contribution is -2.46. The highest BCUT2D eigenvalue weighted by atomic mass is 28.3. The van der Waals surface area contributed by atoms with E-state index in [-0.39, 0.29) is 12.2 Å². The van der Waals surface area contributed by atoms with Crippen LogP contribution in [0.15, 0.2) is 24.3 Å². The molecule has 2 rings (SSSR count). The smallest absolute Gasteiger partial charge is 0.373 e. The van der Waals surface area contributed by atoms with Crippen LogP contribution in [-0.2, 0) is 10.9 Å². The maximum atomic E-state index is 12.9. The fraction of sp³-hybridized carbons (Fsp3) is 0.667. The molecule has 6 heteroatoms. The number of ether oxygens (including phenoxy) is 1. The van der Waals surface area contributed by atoms with Crippen molar-refractivity contribution in [2.24, 2.45) is 0 Å². The Labute approximate surface area is 144 Å². The second kappa shape index (κ2) is 7.58. The molecule has 24 heavy (non-hydrogen) atoms. The minimum absolute atomic E-state index is 0.252. The second-order valence-electron chi connectivity index (χ2n) is 7.58. The van der Waals surface area contributed by atoms with Crippen molar-refractivity contribution < 1.29 is 17.9 Å². The van der Waals surface area contributed by atoms with Crippen LogP contribution in [0.3, 0.4) is 0 Å². The number of benzene rings is 1. The van der Waals surface area contributed by atoms with Crippen molar-refractivity contribution in [3.63, 3.8) is 0 Å². The van der Waals surface area contributed by atoms with E-state index in [0.29, 0.717) is 0 Å². The number of nitrogens with zero attached hydrogens (tertiary/aromatic N) is 1. The van der Waals surface area contributed by atoms with Gasteiger partial charge < -0.3 is 4.74 Å². The average molecular weight is 360 g/mol. The Balaban J connectivity index is 1.94. The van der Waals surface area contributed by atoms with Crippen LogP contribution in [0, 0.1) is 0 Å². The van der Waals surface area contributed by atoms with Crippen LogP contribution in [0.1, 0.15) is 25.8 Å². The topological polar surface area (TPSA) is 12.5 Å². The Morgan fingerprint density at radius 2 is 1.79 bits per heavy atom. The van der Waals surface area contributed by atoms with Crippen molar-refractivity contribution in [2.45, 2.75) is 57.8 Å². The normalized spacial score (nSPS) is 23.5. The molecule has 0 spiro atoms. The van der Waals surface area contributed by atoms with Gasteiger partial charge in [-0.15, -0.1) is 0 Å². The number of halogens is 3. The van der Waals surface area contributed by atoms with E-state index in [4.69, 9.17) is 4.74 Å². The molecule has 0 aromatic heterocycles. The Morgan fingerprint density at radius 3 is 2.38 bits per heavy atom. The van der Waals surface area contributed by atoms with E-state index in [9.17, 15) is 13.2 Å². The molecule has 1 aromatic carbocycles. The molecule has 0 N–H and O–H groups in total. The fourth-order valence-electron chi connectivity index (χ4n) is 3.47. The van der Waals surface area contributed by atoms with Crippen LogP contribution in [0.4, 0.5) is 13.2 Å². The summed E-state index contributed by atoms with van der Waals surface area (Å²) in [5.41, 5.74) is -0.531. The zero-order valence-corrected chi connectivity index (χ0v) is 16.0. The third-order valence-corrected chi connectivity index (χ3v) is 8.22. The lowest BCUT2D eigenvalue weighted by molar-refractivity contribution is -0.137. The standard InChI is InChI=1S/C18H28F3NOSi/c1-14-12-22(13-15(2)23-14)9-6-10-24(3,4)17-8-5-7-16(11-17)18(19,20)21/h5,7-8,11,14-15H,6,9-10,12-13H2,1-4H3. The van der Waals surface area contributed by atoms with E-state index in [1.165, 1.54) is 12.1 Å². The minimum Gasteiger partial charge on any atom is -0.373 e. The Bertz CT molecular complexity index is 537. The van der Waals surface area contributed by atoms with Gasteiger partial charge in [0.1, 0.15) is 0 Å². The van der Waals surface area contributed by atoms with Gasteiger partial charge in [0.05, 0.1) is 25.8 Å². The summed E-state index contributed by atoms with van der Waals surface area (Å²) in [6.07, 6.45) is -2.74. The summed E-state index contributed by atoms with van der Waals surface area (Å²) in [6.45, 7) is 11.4. The molecular weight excluding hydrogens is 331 g/mol. The van der Waals surface area contributed by atoms with Crippen LogP contribution in [0.5, 0.6) is 0 Å². The van der Waals surface area contributed by atoms with Crippen LogP contribution in [0.25, 0.3) is 0 Å². The van der Waals surface area contributed by atoms with Gasteiger partial charge in [0, 0.05) is 13.1 Å². The summed E-state index contributed by atoms with van der Waals surface area (Å²) in [5, 5.41) is 0.890. The zero-order valence-electron chi connectivity index (χ0n) is 15.0. The van der Waals surface area contributed by atoms with Crippen molar-refractivity contribution in [2.75, 3.05) is 19.6 Å². The number of hydrogen-bond acceptors (Lipinski definition) is 2. The van der Waals surface area contributed by atoms with Gasteiger partial charge in [-0.05, 0) is 26.8 Å². The summed E-state index contributed by atoms with van der Waals surface area (Å²) in [4.78, 5) is 2.41. The molecule has 0 bridgehead atoms. The predicted molar refractivity (Wildman–Crippen MR) is 94.4 cm³/mol. The van der Waals surface area contributed by atoms with Crippen molar-refractivity contribution in [1.82, 2.24) is 4.90 Å². The SMILES string of the molecule is CC1CN(CCC[Si](C)(C)c2cccc(C(F)(F)F)c2)CC(C)O1. The molecule has 0 saturated carbocycles. The molecule has 1 heterocycles. The third kappa shape index (κ3) is 5.33. The maximum Gasteiger partial charge on any atom is 0.416 e. The van der Waals surface area contributed by atoms with Gasteiger partial charge in [-0.2, -0.15) is 13.2 Å². The first-order valence-corrected chi connectivity index (χ1v) is 11.8. The first kappa shape index (κ1) is 19.5. The van der Waals surface area contributed by atoms with Crippen LogP contribution < -0.4 is 5.19 Å². The van der Waals surface area contributed by atoms with Crippen LogP contribution >= 0.6 is 0 Å². The van der Waals surface area contributed by atoms with E-state index in [1.54, 1.807) is 0 Å². The molecule has 2 unspecified atom stereocenters. The third-order valence-electron chi connectivity index (χ3n) is 4.74. The highest BCUT2D eigenvalue weighted by Crippen LogP contribution is 2.29. The van der Waals surface area contributed by atoms with Gasteiger partial charge >= 0.3 is 6.18 Å². The minimum atomic E-state index is -4.26. The quantitative estimate of drug-likeness (QED) is 0.733. The van der Waals surface area contributed by atoms with Crippen LogP contribution in [0.2, 0.25) is 19.1 Å². The average Bonchev–Trinajstić information content (AvgIpc) is 2.45. The maximum absolute atomic E-state index is 12.9. The van der Waals surface area contributed by atoms with Gasteiger partial charge in [-0.3, -0.25) is 4.90 Å². The lowest BCUT2D eigenvalue weighted by Gasteiger charge is -2.35. The Morgan fingerprint density at radius 1 is 1.17 bits per heavy atom. The van der Waals surface area contributed by atoms with Crippen molar-refractivity contribution in [3.8, 4) is 0 Å². The summed E-state index contributed by atoms with van der Waals surface area (Å²) < 4.78 is 44.5. The highest BCUT2D eigenvalue weighted by Gasteiger charge is 2.32. The molecule has 2 atom stereocenters. The molecule has 1 aromatic rings. The molecule has 0 amide bonds. The first-order valence-electron chi connectivity index (χ1n) is 8.63. The van der Waals surface area contributed by atoms with E-state index in [1.807, 2.05) is 6.07 Å². The van der Waals surface area contributed by atoms with E-state index >= 15 is 0 Å². The monoisotopic (exact) mass is 359 g/mol. The summed E-state index contributed by atoms with van der Waals surface area (Å²) in [7, 11) is -1.87. The zero-order chi connectivity index (χ0) is 18.0.